The number of pyridine rings is 1. The molecule has 0 N–H and O–H groups in total. The van der Waals surface area contributed by atoms with Crippen molar-refractivity contribution in [3.8, 4) is 0 Å². The Morgan fingerprint density at radius 3 is 2.75 bits per heavy atom. The zero-order chi connectivity index (χ0) is 16.8. The number of hydrogen-bond donors (Lipinski definition) is 0. The number of fused-ring (bicyclic) bond motifs is 3. The number of aromatic nitrogens is 1. The molecule has 3 aliphatic heterocycles. The normalized spacial score (nSPS) is 33.3. The molecule has 0 radical (unpaired) electrons. The second-order valence-electron chi connectivity index (χ2n) is 6.84. The maximum Gasteiger partial charge on any atom is 0.234 e. The Morgan fingerprint density at radius 2 is 2.00 bits per heavy atom. The van der Waals surface area contributed by atoms with Gasteiger partial charge in [-0.2, -0.15) is 0 Å². The van der Waals surface area contributed by atoms with E-state index in [1.807, 2.05) is 18.2 Å². The monoisotopic (exact) mass is 389 g/mol. The predicted molar refractivity (Wildman–Crippen MR) is 93.9 cm³/mol. The molecule has 1 aromatic heterocycles. The minimum Gasteiger partial charge on any atom is -0.292 e. The summed E-state index contributed by atoms with van der Waals surface area (Å²) in [5.74, 6) is -0.440. The van der Waals surface area contributed by atoms with Gasteiger partial charge in [-0.3, -0.25) is 24.4 Å². The van der Waals surface area contributed by atoms with Crippen molar-refractivity contribution in [2.45, 2.75) is 31.3 Å². The molecule has 4 rings (SSSR count). The molecule has 3 fully saturated rings. The van der Waals surface area contributed by atoms with Crippen molar-refractivity contribution in [2.24, 2.45) is 11.8 Å². The number of piperidine rings is 1. The molecule has 3 aliphatic rings. The highest BCUT2D eigenvalue weighted by atomic mass is 79.9. The molecule has 0 bridgehead atoms. The van der Waals surface area contributed by atoms with Gasteiger partial charge in [0.2, 0.25) is 11.8 Å². The van der Waals surface area contributed by atoms with Gasteiger partial charge in [-0.25, -0.2) is 0 Å². The first kappa shape index (κ1) is 16.0. The summed E-state index contributed by atoms with van der Waals surface area (Å²) in [5.41, 5.74) is 0.861. The highest BCUT2D eigenvalue weighted by Crippen LogP contribution is 2.45. The highest BCUT2D eigenvalue weighted by molar-refractivity contribution is 9.10. The van der Waals surface area contributed by atoms with Gasteiger partial charge >= 0.3 is 0 Å². The maximum absolute atomic E-state index is 12.6. The number of rotatable bonds is 2. The molecular weight excluding hydrogens is 370 g/mol. The molecule has 24 heavy (non-hydrogen) atoms. The molecule has 126 valence electrons. The van der Waals surface area contributed by atoms with E-state index in [0.717, 1.165) is 36.0 Å². The molecule has 5 nitrogen and oxygen atoms in total. The Morgan fingerprint density at radius 1 is 1.21 bits per heavy atom. The summed E-state index contributed by atoms with van der Waals surface area (Å²) in [6.45, 7) is 0.963. The van der Waals surface area contributed by atoms with E-state index in [1.54, 1.807) is 13.2 Å². The van der Waals surface area contributed by atoms with Gasteiger partial charge in [0.05, 0.1) is 17.5 Å². The molecule has 0 unspecified atom stereocenters. The molecule has 4 heterocycles. The van der Waals surface area contributed by atoms with Crippen LogP contribution < -0.4 is 0 Å². The van der Waals surface area contributed by atoms with E-state index in [1.165, 1.54) is 4.90 Å². The SMILES string of the molecule is CN1C(=O)[C@@H]2[C@H](C1=O)[C@H](/C=C/c1ccc(Br)cn1)N1CCCC[C@@H]21. The van der Waals surface area contributed by atoms with Gasteiger partial charge in [-0.15, -0.1) is 0 Å². The summed E-state index contributed by atoms with van der Waals surface area (Å²) in [5, 5.41) is 0. The summed E-state index contributed by atoms with van der Waals surface area (Å²) in [6, 6.07) is 4.09. The van der Waals surface area contributed by atoms with Crippen LogP contribution in [0.5, 0.6) is 0 Å². The smallest absolute Gasteiger partial charge is 0.234 e. The van der Waals surface area contributed by atoms with E-state index >= 15 is 0 Å². The number of likely N-dealkylation sites (tertiary alicyclic amines) is 1. The van der Waals surface area contributed by atoms with Gasteiger partial charge in [-0.05, 0) is 53.5 Å². The van der Waals surface area contributed by atoms with E-state index in [-0.39, 0.29) is 35.7 Å². The van der Waals surface area contributed by atoms with Crippen LogP contribution >= 0.6 is 15.9 Å². The molecule has 0 aromatic carbocycles. The quantitative estimate of drug-likeness (QED) is 0.728. The maximum atomic E-state index is 12.6. The van der Waals surface area contributed by atoms with E-state index in [2.05, 4.69) is 31.9 Å². The summed E-state index contributed by atoms with van der Waals surface area (Å²) < 4.78 is 0.940. The lowest BCUT2D eigenvalue weighted by Gasteiger charge is -2.35. The van der Waals surface area contributed by atoms with Gasteiger partial charge in [0.15, 0.2) is 0 Å². The van der Waals surface area contributed by atoms with Gasteiger partial charge < -0.3 is 0 Å². The first-order chi connectivity index (χ1) is 11.6. The molecule has 4 atom stereocenters. The van der Waals surface area contributed by atoms with Crippen molar-refractivity contribution >= 4 is 33.8 Å². The molecule has 3 saturated heterocycles. The number of carbonyl (C=O) groups is 2. The Kier molecular flexibility index (Phi) is 4.04. The lowest BCUT2D eigenvalue weighted by molar-refractivity contribution is -0.139. The van der Waals surface area contributed by atoms with Crippen LogP contribution in [0.4, 0.5) is 0 Å². The van der Waals surface area contributed by atoms with Crippen molar-refractivity contribution in [3.63, 3.8) is 0 Å². The first-order valence-corrected chi connectivity index (χ1v) is 9.24. The third-order valence-electron chi connectivity index (χ3n) is 5.59. The molecule has 0 spiro atoms. The third-order valence-corrected chi connectivity index (χ3v) is 6.06. The first-order valence-electron chi connectivity index (χ1n) is 8.45. The summed E-state index contributed by atoms with van der Waals surface area (Å²) in [6.07, 6.45) is 9.09. The zero-order valence-electron chi connectivity index (χ0n) is 13.6. The molecule has 6 heteroatoms. The number of halogens is 1. The second-order valence-corrected chi connectivity index (χ2v) is 7.75. The summed E-state index contributed by atoms with van der Waals surface area (Å²) >= 11 is 3.38. The van der Waals surface area contributed by atoms with Crippen LogP contribution in [-0.2, 0) is 9.59 Å². The number of carbonyl (C=O) groups excluding carboxylic acids is 2. The fraction of sp³-hybridized carbons (Fsp3) is 0.500. The van der Waals surface area contributed by atoms with Crippen LogP contribution in [0.1, 0.15) is 25.0 Å². The van der Waals surface area contributed by atoms with Gasteiger partial charge in [-0.1, -0.05) is 12.5 Å². The third kappa shape index (κ3) is 2.43. The van der Waals surface area contributed by atoms with E-state index in [4.69, 9.17) is 0 Å². The van der Waals surface area contributed by atoms with Crippen molar-refractivity contribution in [1.29, 1.82) is 0 Å². The highest BCUT2D eigenvalue weighted by Gasteiger charge is 2.60. The lowest BCUT2D eigenvalue weighted by Crippen LogP contribution is -2.45. The van der Waals surface area contributed by atoms with Crippen LogP contribution in [0.2, 0.25) is 0 Å². The number of nitrogens with zero attached hydrogens (tertiary/aromatic N) is 3. The van der Waals surface area contributed by atoms with Crippen molar-refractivity contribution in [2.75, 3.05) is 13.6 Å². The van der Waals surface area contributed by atoms with Crippen LogP contribution in [0, 0.1) is 11.8 Å². The Bertz CT molecular complexity index is 703. The van der Waals surface area contributed by atoms with Gasteiger partial charge in [0.1, 0.15) is 0 Å². The predicted octanol–water partition coefficient (Wildman–Crippen LogP) is 2.33. The van der Waals surface area contributed by atoms with E-state index in [9.17, 15) is 9.59 Å². The number of hydrogen-bond acceptors (Lipinski definition) is 4. The lowest BCUT2D eigenvalue weighted by atomic mass is 9.87. The molecule has 0 aliphatic carbocycles. The van der Waals surface area contributed by atoms with E-state index in [0.29, 0.717) is 0 Å². The van der Waals surface area contributed by atoms with Crippen LogP contribution in [0.15, 0.2) is 28.9 Å². The topological polar surface area (TPSA) is 53.5 Å². The van der Waals surface area contributed by atoms with Crippen LogP contribution in [0.25, 0.3) is 6.08 Å². The number of amides is 2. The van der Waals surface area contributed by atoms with Crippen molar-refractivity contribution in [3.05, 3.63) is 34.6 Å². The largest absolute Gasteiger partial charge is 0.292 e. The minimum absolute atomic E-state index is 0.000401. The molecular formula is C18H20BrN3O2. The standard InChI is InChI=1S/C18H20BrN3O2/c1-21-17(23)15-13-4-2-3-9-22(13)14(16(15)18(21)24)8-7-12-6-5-11(19)10-20-12/h5-8,10,13-16H,2-4,9H2,1H3/b8-7+/t13-,14-,15-,16+/m0/s1. The fourth-order valence-corrected chi connectivity index (χ4v) is 4.72. The molecule has 1 aromatic rings. The Hall–Kier alpha value is -1.53. The van der Waals surface area contributed by atoms with Gasteiger partial charge in [0.25, 0.3) is 0 Å². The second kappa shape index (κ2) is 6.08. The van der Waals surface area contributed by atoms with Crippen LogP contribution in [-0.4, -0.2) is 52.3 Å². The van der Waals surface area contributed by atoms with E-state index < -0.39 is 0 Å². The average Bonchev–Trinajstić information content (AvgIpc) is 3.04. The minimum atomic E-state index is -0.239. The zero-order valence-corrected chi connectivity index (χ0v) is 15.1. The average molecular weight is 390 g/mol. The Labute approximate surface area is 149 Å². The Balaban J connectivity index is 1.66. The van der Waals surface area contributed by atoms with Crippen molar-refractivity contribution in [1.82, 2.24) is 14.8 Å². The summed E-state index contributed by atoms with van der Waals surface area (Å²) in [4.78, 5) is 33.2. The molecule has 2 amide bonds. The number of imide groups is 1. The van der Waals surface area contributed by atoms with Crippen LogP contribution in [0.3, 0.4) is 0 Å². The molecule has 0 saturated carbocycles. The van der Waals surface area contributed by atoms with Gasteiger partial charge in [0, 0.05) is 29.8 Å². The summed E-state index contributed by atoms with van der Waals surface area (Å²) in [7, 11) is 1.62. The fourth-order valence-electron chi connectivity index (χ4n) is 4.48. The van der Waals surface area contributed by atoms with Crippen molar-refractivity contribution < 1.29 is 9.59 Å².